The summed E-state index contributed by atoms with van der Waals surface area (Å²) in [6.07, 6.45) is 0. The lowest BCUT2D eigenvalue weighted by Gasteiger charge is -2.10. The van der Waals surface area contributed by atoms with Crippen LogP contribution in [0.1, 0.15) is 13.8 Å². The lowest BCUT2D eigenvalue weighted by atomic mass is 10.3. The Balaban J connectivity index is 2.68. The van der Waals surface area contributed by atoms with Crippen molar-refractivity contribution in [2.24, 2.45) is 0 Å². The van der Waals surface area contributed by atoms with Crippen LogP contribution in [0.3, 0.4) is 0 Å². The molecule has 0 saturated carbocycles. The number of sulfone groups is 1. The van der Waals surface area contributed by atoms with Crippen molar-refractivity contribution in [2.45, 2.75) is 19.1 Å². The van der Waals surface area contributed by atoms with E-state index in [1.807, 2.05) is 0 Å². The van der Waals surface area contributed by atoms with Gasteiger partial charge in [-0.1, -0.05) is 0 Å². The summed E-state index contributed by atoms with van der Waals surface area (Å²) in [6, 6.07) is 1.07. The smallest absolute Gasteiger partial charge is 0.161 e. The Labute approximate surface area is 104 Å². The molecule has 0 aliphatic rings. The molecule has 0 heterocycles. The molecule has 18 heavy (non-hydrogen) atoms. The van der Waals surface area contributed by atoms with Crippen LogP contribution in [0.15, 0.2) is 12.1 Å². The van der Waals surface area contributed by atoms with Crippen LogP contribution in [0.5, 0.6) is 0 Å². The van der Waals surface area contributed by atoms with Crippen LogP contribution in [0.4, 0.5) is 18.9 Å². The van der Waals surface area contributed by atoms with Crippen LogP contribution in [0, 0.1) is 17.5 Å². The first-order chi connectivity index (χ1) is 8.24. The molecule has 0 bridgehead atoms. The molecule has 0 saturated heterocycles. The number of benzene rings is 1. The number of halogens is 3. The average molecular weight is 281 g/mol. The maximum Gasteiger partial charge on any atom is 0.161 e. The van der Waals surface area contributed by atoms with E-state index < -0.39 is 32.5 Å². The van der Waals surface area contributed by atoms with E-state index in [9.17, 15) is 21.6 Å². The molecular weight excluding hydrogens is 267 g/mol. The van der Waals surface area contributed by atoms with Crippen LogP contribution in [-0.2, 0) is 9.84 Å². The fraction of sp³-hybridized carbons (Fsp3) is 0.455. The molecule has 1 aromatic rings. The Morgan fingerprint density at radius 3 is 2.22 bits per heavy atom. The maximum atomic E-state index is 13.2. The van der Waals surface area contributed by atoms with Crippen molar-refractivity contribution in [1.29, 1.82) is 0 Å². The molecule has 0 aliphatic carbocycles. The monoisotopic (exact) mass is 281 g/mol. The van der Waals surface area contributed by atoms with Gasteiger partial charge < -0.3 is 5.32 Å². The number of rotatable bonds is 5. The summed E-state index contributed by atoms with van der Waals surface area (Å²) < 4.78 is 61.6. The summed E-state index contributed by atoms with van der Waals surface area (Å²) in [4.78, 5) is 0. The van der Waals surface area contributed by atoms with E-state index in [0.29, 0.717) is 12.1 Å². The van der Waals surface area contributed by atoms with E-state index in [4.69, 9.17) is 0 Å². The first kappa shape index (κ1) is 14.8. The third kappa shape index (κ3) is 3.63. The molecule has 0 unspecified atom stereocenters. The highest BCUT2D eigenvalue weighted by atomic mass is 32.2. The predicted molar refractivity (Wildman–Crippen MR) is 63.7 cm³/mol. The van der Waals surface area contributed by atoms with Gasteiger partial charge >= 0.3 is 0 Å². The van der Waals surface area contributed by atoms with E-state index in [1.54, 1.807) is 0 Å². The minimum atomic E-state index is -3.25. The van der Waals surface area contributed by atoms with Gasteiger partial charge in [0.05, 0.1) is 16.7 Å². The van der Waals surface area contributed by atoms with E-state index in [-0.39, 0.29) is 18.0 Å². The van der Waals surface area contributed by atoms with Crippen molar-refractivity contribution in [3.05, 3.63) is 29.6 Å². The number of hydrogen-bond acceptors (Lipinski definition) is 3. The molecule has 102 valence electrons. The van der Waals surface area contributed by atoms with Crippen molar-refractivity contribution in [1.82, 2.24) is 0 Å². The lowest BCUT2D eigenvalue weighted by molar-refractivity contribution is 0.496. The fourth-order valence-electron chi connectivity index (χ4n) is 1.22. The summed E-state index contributed by atoms with van der Waals surface area (Å²) >= 11 is 0. The predicted octanol–water partition coefficient (Wildman–Crippen LogP) is 2.34. The second-order valence-corrected chi connectivity index (χ2v) is 6.77. The molecule has 0 amide bonds. The number of anilines is 1. The highest BCUT2D eigenvalue weighted by Gasteiger charge is 2.16. The zero-order valence-corrected chi connectivity index (χ0v) is 10.8. The molecule has 0 atom stereocenters. The van der Waals surface area contributed by atoms with Crippen LogP contribution >= 0.6 is 0 Å². The summed E-state index contributed by atoms with van der Waals surface area (Å²) in [5.74, 6) is -3.64. The van der Waals surface area contributed by atoms with Gasteiger partial charge in [0.25, 0.3) is 0 Å². The topological polar surface area (TPSA) is 46.2 Å². The van der Waals surface area contributed by atoms with Crippen LogP contribution in [0.2, 0.25) is 0 Å². The maximum absolute atomic E-state index is 13.2. The van der Waals surface area contributed by atoms with Crippen LogP contribution in [0.25, 0.3) is 0 Å². The number of nitrogens with one attached hydrogen (secondary N) is 1. The third-order valence-corrected chi connectivity index (χ3v) is 4.64. The highest BCUT2D eigenvalue weighted by molar-refractivity contribution is 7.92. The minimum Gasteiger partial charge on any atom is -0.382 e. The van der Waals surface area contributed by atoms with Crippen molar-refractivity contribution in [2.75, 3.05) is 17.6 Å². The Morgan fingerprint density at radius 2 is 1.67 bits per heavy atom. The van der Waals surface area contributed by atoms with Gasteiger partial charge in [-0.05, 0) is 13.8 Å². The number of hydrogen-bond donors (Lipinski definition) is 1. The fourth-order valence-corrected chi connectivity index (χ4v) is 2.08. The zero-order chi connectivity index (χ0) is 13.9. The first-order valence-electron chi connectivity index (χ1n) is 5.34. The minimum absolute atomic E-state index is 0.0670. The largest absolute Gasteiger partial charge is 0.382 e. The van der Waals surface area contributed by atoms with E-state index >= 15 is 0 Å². The molecule has 0 aromatic heterocycles. The van der Waals surface area contributed by atoms with Crippen molar-refractivity contribution in [3.63, 3.8) is 0 Å². The quantitative estimate of drug-likeness (QED) is 0.843. The van der Waals surface area contributed by atoms with E-state index in [0.717, 1.165) is 0 Å². The van der Waals surface area contributed by atoms with E-state index in [2.05, 4.69) is 5.32 Å². The highest BCUT2D eigenvalue weighted by Crippen LogP contribution is 2.18. The van der Waals surface area contributed by atoms with Gasteiger partial charge in [0.15, 0.2) is 21.5 Å². The van der Waals surface area contributed by atoms with Gasteiger partial charge in [-0.15, -0.1) is 0 Å². The lowest BCUT2D eigenvalue weighted by Crippen LogP contribution is -2.23. The van der Waals surface area contributed by atoms with Crippen molar-refractivity contribution >= 4 is 15.5 Å². The summed E-state index contributed by atoms with van der Waals surface area (Å²) in [6.45, 7) is 3.00. The van der Waals surface area contributed by atoms with Gasteiger partial charge in [0, 0.05) is 18.7 Å². The average Bonchev–Trinajstić information content (AvgIpc) is 2.25. The molecule has 7 heteroatoms. The second kappa shape index (κ2) is 5.60. The van der Waals surface area contributed by atoms with Crippen LogP contribution < -0.4 is 5.32 Å². The molecule has 3 nitrogen and oxygen atoms in total. The first-order valence-corrected chi connectivity index (χ1v) is 7.05. The van der Waals surface area contributed by atoms with E-state index in [1.165, 1.54) is 13.8 Å². The van der Waals surface area contributed by atoms with Gasteiger partial charge in [-0.25, -0.2) is 21.6 Å². The molecule has 1 rings (SSSR count). The van der Waals surface area contributed by atoms with Gasteiger partial charge in [-0.2, -0.15) is 0 Å². The Kier molecular flexibility index (Phi) is 4.61. The van der Waals surface area contributed by atoms with Crippen molar-refractivity contribution in [3.8, 4) is 0 Å². The molecular formula is C11H14F3NO2S. The normalized spacial score (nSPS) is 11.9. The van der Waals surface area contributed by atoms with Gasteiger partial charge in [-0.3, -0.25) is 0 Å². The van der Waals surface area contributed by atoms with Gasteiger partial charge in [0.2, 0.25) is 0 Å². The van der Waals surface area contributed by atoms with Crippen LogP contribution in [-0.4, -0.2) is 26.0 Å². The Hall–Kier alpha value is -1.24. The summed E-state index contributed by atoms with van der Waals surface area (Å²) in [5, 5.41) is 1.90. The molecule has 0 fully saturated rings. The SMILES string of the molecule is CC(C)S(=O)(=O)CCNc1cc(F)c(F)cc1F. The zero-order valence-electron chi connectivity index (χ0n) is 10.0. The van der Waals surface area contributed by atoms with Crippen molar-refractivity contribution < 1.29 is 21.6 Å². The second-order valence-electron chi connectivity index (χ2n) is 4.09. The molecule has 0 radical (unpaired) electrons. The van der Waals surface area contributed by atoms with Gasteiger partial charge in [0.1, 0.15) is 5.82 Å². The molecule has 0 spiro atoms. The summed E-state index contributed by atoms with van der Waals surface area (Å²) in [5.41, 5.74) is -0.257. The third-order valence-electron chi connectivity index (χ3n) is 2.43. The molecule has 0 aliphatic heterocycles. The Bertz CT molecular complexity index is 529. The molecule has 1 aromatic carbocycles. The standard InChI is InChI=1S/C11H14F3NO2S/c1-7(2)18(16,17)4-3-15-11-6-9(13)8(12)5-10(11)14/h5-7,15H,3-4H2,1-2H3. The molecule has 1 N–H and O–H groups in total. The summed E-state index contributed by atoms with van der Waals surface area (Å²) in [7, 11) is -3.25. The Morgan fingerprint density at radius 1 is 1.11 bits per heavy atom.